The molecule has 2 N–H and O–H groups in total. The lowest BCUT2D eigenvalue weighted by Gasteiger charge is -2.13. The molecule has 1 rings (SSSR count). The van der Waals surface area contributed by atoms with Gasteiger partial charge in [0.1, 0.15) is 11.0 Å². The number of carbonyl (C=O) groups is 1. The zero-order valence-corrected chi connectivity index (χ0v) is 13.1. The zero-order chi connectivity index (χ0) is 15.5. The van der Waals surface area contributed by atoms with E-state index in [0.29, 0.717) is 0 Å². The number of esters is 1. The van der Waals surface area contributed by atoms with Gasteiger partial charge in [0.2, 0.25) is 10.0 Å². The minimum Gasteiger partial charge on any atom is -0.457 e. The van der Waals surface area contributed by atoms with Gasteiger partial charge in [-0.3, -0.25) is 0 Å². The molecule has 0 saturated carbocycles. The van der Waals surface area contributed by atoms with Gasteiger partial charge in [0.05, 0.1) is 22.2 Å². The number of halogens is 2. The van der Waals surface area contributed by atoms with E-state index in [0.717, 1.165) is 12.1 Å². The third-order valence-electron chi connectivity index (χ3n) is 2.26. The van der Waals surface area contributed by atoms with Gasteiger partial charge >= 0.3 is 5.97 Å². The lowest BCUT2D eigenvalue weighted by Crippen LogP contribution is -2.20. The first kappa shape index (κ1) is 17.2. The van der Waals surface area contributed by atoms with Crippen LogP contribution in [0, 0.1) is 0 Å². The lowest BCUT2D eigenvalue weighted by atomic mass is 10.2. The first-order valence-corrected chi connectivity index (χ1v) is 7.68. The molecule has 0 aliphatic rings. The number of sulfonamides is 1. The van der Waals surface area contributed by atoms with Crippen molar-refractivity contribution in [2.24, 2.45) is 5.14 Å². The minimum atomic E-state index is -4.07. The van der Waals surface area contributed by atoms with Crippen LogP contribution in [0.2, 0.25) is 10.0 Å². The predicted octanol–water partition coefficient (Wildman–Crippen LogP) is 1.83. The quantitative estimate of drug-likeness (QED) is 0.824. The highest BCUT2D eigenvalue weighted by molar-refractivity contribution is 7.89. The maximum atomic E-state index is 11.9. The van der Waals surface area contributed by atoms with Crippen molar-refractivity contribution in [2.45, 2.75) is 17.9 Å². The molecular weight excluding hydrogens is 329 g/mol. The third kappa shape index (κ3) is 4.32. The van der Waals surface area contributed by atoms with Crippen LogP contribution in [-0.4, -0.2) is 34.2 Å². The molecule has 0 heterocycles. The van der Waals surface area contributed by atoms with Gasteiger partial charge in [0.25, 0.3) is 0 Å². The van der Waals surface area contributed by atoms with Crippen molar-refractivity contribution in [3.63, 3.8) is 0 Å². The molecule has 0 radical (unpaired) electrons. The first-order valence-electron chi connectivity index (χ1n) is 5.38. The van der Waals surface area contributed by atoms with Crippen LogP contribution < -0.4 is 5.14 Å². The average Bonchev–Trinajstić information content (AvgIpc) is 2.26. The van der Waals surface area contributed by atoms with Crippen LogP contribution in [0.5, 0.6) is 0 Å². The van der Waals surface area contributed by atoms with Crippen LogP contribution in [-0.2, 0) is 19.5 Å². The number of carbonyl (C=O) groups excluding carboxylic acids is 1. The molecule has 112 valence electrons. The summed E-state index contributed by atoms with van der Waals surface area (Å²) in [4.78, 5) is 11.5. The van der Waals surface area contributed by atoms with E-state index in [4.69, 9.17) is 37.8 Å². The molecule has 0 aliphatic carbocycles. The summed E-state index contributed by atoms with van der Waals surface area (Å²) in [7, 11) is -2.61. The van der Waals surface area contributed by atoms with Crippen molar-refractivity contribution < 1.29 is 22.7 Å². The van der Waals surface area contributed by atoms with E-state index in [-0.39, 0.29) is 22.2 Å². The van der Waals surface area contributed by atoms with Gasteiger partial charge in [-0.2, -0.15) is 0 Å². The van der Waals surface area contributed by atoms with E-state index < -0.39 is 27.0 Å². The Bertz CT molecular complexity index is 617. The molecule has 20 heavy (non-hydrogen) atoms. The molecule has 0 fully saturated rings. The van der Waals surface area contributed by atoms with Gasteiger partial charge < -0.3 is 9.47 Å². The van der Waals surface area contributed by atoms with E-state index in [1.54, 1.807) is 6.92 Å². The Hall–Kier alpha value is -0.860. The fraction of sp³-hybridized carbons (Fsp3) is 0.364. The van der Waals surface area contributed by atoms with E-state index in [2.05, 4.69) is 0 Å². The molecule has 1 aromatic rings. The molecule has 0 saturated heterocycles. The van der Waals surface area contributed by atoms with Crippen molar-refractivity contribution in [1.82, 2.24) is 0 Å². The van der Waals surface area contributed by atoms with Crippen LogP contribution in [0.1, 0.15) is 17.3 Å². The summed E-state index contributed by atoms with van der Waals surface area (Å²) in [5.74, 6) is -0.791. The Morgan fingerprint density at radius 1 is 1.35 bits per heavy atom. The summed E-state index contributed by atoms with van der Waals surface area (Å²) < 4.78 is 32.5. The van der Waals surface area contributed by atoms with E-state index >= 15 is 0 Å². The van der Waals surface area contributed by atoms with E-state index in [1.165, 1.54) is 7.11 Å². The van der Waals surface area contributed by atoms with Crippen molar-refractivity contribution in [1.29, 1.82) is 0 Å². The third-order valence-corrected chi connectivity index (χ3v) is 3.95. The first-order chi connectivity index (χ1) is 9.16. The van der Waals surface area contributed by atoms with Crippen LogP contribution in [0.4, 0.5) is 0 Å². The van der Waals surface area contributed by atoms with Crippen molar-refractivity contribution in [3.05, 3.63) is 27.7 Å². The average molecular weight is 342 g/mol. The SMILES string of the molecule is COCC(C)OC(=O)c1cc(S(N)(=O)=O)c(Cl)cc1Cl. The fourth-order valence-corrected chi connectivity index (χ4v) is 2.81. The second-order valence-electron chi connectivity index (χ2n) is 3.98. The Morgan fingerprint density at radius 2 is 1.95 bits per heavy atom. The highest BCUT2D eigenvalue weighted by atomic mass is 35.5. The summed E-state index contributed by atoms with van der Waals surface area (Å²) in [6, 6.07) is 2.11. The molecule has 9 heteroatoms. The molecular formula is C11H13Cl2NO5S. The molecule has 6 nitrogen and oxygen atoms in total. The van der Waals surface area contributed by atoms with Gasteiger partial charge in [0.15, 0.2) is 0 Å². The van der Waals surface area contributed by atoms with Gasteiger partial charge in [0, 0.05) is 7.11 Å². The number of nitrogens with two attached hydrogens (primary N) is 1. The number of benzene rings is 1. The monoisotopic (exact) mass is 341 g/mol. The highest BCUT2D eigenvalue weighted by Crippen LogP contribution is 2.28. The summed E-state index contributed by atoms with van der Waals surface area (Å²) in [6.45, 7) is 1.81. The molecule has 0 amide bonds. The molecule has 1 unspecified atom stereocenters. The van der Waals surface area contributed by atoms with E-state index in [1.807, 2.05) is 0 Å². The van der Waals surface area contributed by atoms with Gasteiger partial charge in [-0.05, 0) is 19.1 Å². The standard InChI is InChI=1S/C11H13Cl2NO5S/c1-6(5-18-2)19-11(15)7-3-10(20(14,16)17)9(13)4-8(7)12/h3-4,6H,5H2,1-2H3,(H2,14,16,17). The lowest BCUT2D eigenvalue weighted by molar-refractivity contribution is 0.0120. The molecule has 0 aromatic heterocycles. The predicted molar refractivity (Wildman–Crippen MR) is 74.6 cm³/mol. The Labute approximate surface area is 126 Å². The summed E-state index contributed by atoms with van der Waals surface area (Å²) in [5.41, 5.74) is -0.136. The van der Waals surface area contributed by atoms with Crippen LogP contribution in [0.15, 0.2) is 17.0 Å². The van der Waals surface area contributed by atoms with Crippen molar-refractivity contribution in [2.75, 3.05) is 13.7 Å². The largest absolute Gasteiger partial charge is 0.457 e. The number of hydrogen-bond donors (Lipinski definition) is 1. The number of ether oxygens (including phenoxy) is 2. The number of hydrogen-bond acceptors (Lipinski definition) is 5. The summed E-state index contributed by atoms with van der Waals surface area (Å²) in [5, 5.41) is 4.80. The number of rotatable bonds is 5. The smallest absolute Gasteiger partial charge is 0.340 e. The Balaban J connectivity index is 3.16. The van der Waals surface area contributed by atoms with Crippen LogP contribution in [0.25, 0.3) is 0 Å². The van der Waals surface area contributed by atoms with Gasteiger partial charge in [-0.15, -0.1) is 0 Å². The molecule has 1 atom stereocenters. The molecule has 1 aromatic carbocycles. The number of primary sulfonamides is 1. The maximum absolute atomic E-state index is 11.9. The van der Waals surface area contributed by atoms with Crippen molar-refractivity contribution >= 4 is 39.2 Å². The molecule has 0 aliphatic heterocycles. The number of methoxy groups -OCH3 is 1. The highest BCUT2D eigenvalue weighted by Gasteiger charge is 2.21. The topological polar surface area (TPSA) is 95.7 Å². The van der Waals surface area contributed by atoms with Crippen LogP contribution >= 0.6 is 23.2 Å². The van der Waals surface area contributed by atoms with Gasteiger partial charge in [-0.25, -0.2) is 18.4 Å². The van der Waals surface area contributed by atoms with Gasteiger partial charge in [-0.1, -0.05) is 23.2 Å². The zero-order valence-electron chi connectivity index (χ0n) is 10.7. The molecule has 0 bridgehead atoms. The Morgan fingerprint density at radius 3 is 2.45 bits per heavy atom. The van der Waals surface area contributed by atoms with E-state index in [9.17, 15) is 13.2 Å². The van der Waals surface area contributed by atoms with Crippen molar-refractivity contribution in [3.8, 4) is 0 Å². The summed E-state index contributed by atoms with van der Waals surface area (Å²) >= 11 is 11.6. The second-order valence-corrected chi connectivity index (χ2v) is 6.32. The summed E-state index contributed by atoms with van der Waals surface area (Å²) in [6.07, 6.45) is -0.517. The minimum absolute atomic E-state index is 0.0305. The normalized spacial score (nSPS) is 13.1. The fourth-order valence-electron chi connectivity index (χ4n) is 1.42. The Kier molecular flexibility index (Phi) is 5.79. The molecule has 0 spiro atoms. The van der Waals surface area contributed by atoms with Crippen LogP contribution in [0.3, 0.4) is 0 Å². The maximum Gasteiger partial charge on any atom is 0.340 e. The second kappa shape index (κ2) is 6.73.